The van der Waals surface area contributed by atoms with Crippen LogP contribution in [-0.4, -0.2) is 36.9 Å². The quantitative estimate of drug-likeness (QED) is 0.878. The van der Waals surface area contributed by atoms with Crippen LogP contribution in [0.15, 0.2) is 33.7 Å². The molecule has 3 rings (SSSR count). The molecular formula is C17H20FN3O4S. The molecule has 0 radical (unpaired) electrons. The highest BCUT2D eigenvalue weighted by atomic mass is 32.2. The largest absolute Gasteiger partial charge is 0.360 e. The lowest BCUT2D eigenvalue weighted by atomic mass is 9.97. The van der Waals surface area contributed by atoms with Crippen molar-refractivity contribution in [2.24, 2.45) is 5.92 Å². The van der Waals surface area contributed by atoms with Crippen LogP contribution in [-0.2, 0) is 14.8 Å². The number of nitrogens with one attached hydrogen (secondary N) is 1. The number of hydrogen-bond acceptors (Lipinski definition) is 5. The van der Waals surface area contributed by atoms with E-state index in [1.165, 1.54) is 28.6 Å². The summed E-state index contributed by atoms with van der Waals surface area (Å²) in [5, 5.41) is 6.44. The fraction of sp³-hybridized carbons (Fsp3) is 0.412. The minimum Gasteiger partial charge on any atom is -0.360 e. The van der Waals surface area contributed by atoms with Gasteiger partial charge in [-0.3, -0.25) is 4.79 Å². The van der Waals surface area contributed by atoms with Gasteiger partial charge in [0.15, 0.2) is 5.76 Å². The Hall–Kier alpha value is -2.26. The van der Waals surface area contributed by atoms with Crippen LogP contribution in [0.4, 0.5) is 10.1 Å². The fourth-order valence-corrected chi connectivity index (χ4v) is 4.87. The highest BCUT2D eigenvalue weighted by Crippen LogP contribution is 2.28. The number of carbonyl (C=O) groups is 1. The maximum atomic E-state index is 12.9. The first kappa shape index (κ1) is 18.5. The van der Waals surface area contributed by atoms with Crippen LogP contribution in [0.25, 0.3) is 0 Å². The Kier molecular flexibility index (Phi) is 5.10. The van der Waals surface area contributed by atoms with Crippen molar-refractivity contribution in [1.82, 2.24) is 9.46 Å². The van der Waals surface area contributed by atoms with Crippen molar-refractivity contribution >= 4 is 21.6 Å². The number of hydrogen-bond donors (Lipinski definition) is 1. The highest BCUT2D eigenvalue weighted by Gasteiger charge is 2.35. The summed E-state index contributed by atoms with van der Waals surface area (Å²) in [4.78, 5) is 12.5. The van der Waals surface area contributed by atoms with Crippen LogP contribution in [0.5, 0.6) is 0 Å². The van der Waals surface area contributed by atoms with Gasteiger partial charge in [-0.05, 0) is 51.0 Å². The lowest BCUT2D eigenvalue weighted by molar-refractivity contribution is -0.120. The Morgan fingerprint density at radius 1 is 1.23 bits per heavy atom. The molecular weight excluding hydrogens is 361 g/mol. The second kappa shape index (κ2) is 7.16. The van der Waals surface area contributed by atoms with E-state index in [1.807, 2.05) is 0 Å². The Bertz CT molecular complexity index is 881. The number of halogens is 1. The van der Waals surface area contributed by atoms with E-state index in [4.69, 9.17) is 4.52 Å². The smallest absolute Gasteiger partial charge is 0.248 e. The number of benzene rings is 1. The van der Waals surface area contributed by atoms with Crippen LogP contribution in [0.1, 0.15) is 24.3 Å². The number of nitrogens with zero attached hydrogens (tertiary/aromatic N) is 2. The van der Waals surface area contributed by atoms with Gasteiger partial charge in [0.1, 0.15) is 16.4 Å². The van der Waals surface area contributed by atoms with Crippen molar-refractivity contribution in [3.63, 3.8) is 0 Å². The average Bonchev–Trinajstić information content (AvgIpc) is 2.96. The molecule has 0 aliphatic carbocycles. The molecule has 1 saturated heterocycles. The van der Waals surface area contributed by atoms with Crippen LogP contribution in [0, 0.1) is 25.6 Å². The van der Waals surface area contributed by atoms with E-state index in [0.29, 0.717) is 24.2 Å². The molecule has 0 unspecified atom stereocenters. The first-order valence-electron chi connectivity index (χ1n) is 8.28. The molecule has 1 aromatic heterocycles. The topological polar surface area (TPSA) is 92.5 Å². The van der Waals surface area contributed by atoms with Gasteiger partial charge in [0.05, 0.1) is 0 Å². The monoisotopic (exact) mass is 381 g/mol. The van der Waals surface area contributed by atoms with Gasteiger partial charge < -0.3 is 9.84 Å². The second-order valence-corrected chi connectivity index (χ2v) is 8.20. The Morgan fingerprint density at radius 3 is 2.38 bits per heavy atom. The number of sulfonamides is 1. The third-order valence-corrected chi connectivity index (χ3v) is 6.65. The maximum absolute atomic E-state index is 12.9. The van der Waals surface area contributed by atoms with Crippen molar-refractivity contribution in [2.75, 3.05) is 18.4 Å². The van der Waals surface area contributed by atoms with E-state index in [-0.39, 0.29) is 41.4 Å². The van der Waals surface area contributed by atoms with Crippen LogP contribution in [0.2, 0.25) is 0 Å². The van der Waals surface area contributed by atoms with Crippen molar-refractivity contribution in [2.45, 2.75) is 31.6 Å². The van der Waals surface area contributed by atoms with E-state index in [2.05, 4.69) is 10.5 Å². The molecule has 26 heavy (non-hydrogen) atoms. The lowest BCUT2D eigenvalue weighted by Crippen LogP contribution is -2.41. The Balaban J connectivity index is 1.63. The van der Waals surface area contributed by atoms with Crippen LogP contribution in [0.3, 0.4) is 0 Å². The summed E-state index contributed by atoms with van der Waals surface area (Å²) in [6, 6.07) is 5.53. The predicted octanol–water partition coefficient (Wildman–Crippen LogP) is 2.47. The molecule has 0 bridgehead atoms. The van der Waals surface area contributed by atoms with Crippen LogP contribution < -0.4 is 5.32 Å². The molecule has 140 valence electrons. The van der Waals surface area contributed by atoms with E-state index in [1.54, 1.807) is 13.8 Å². The Labute approximate surface area is 151 Å². The second-order valence-electron chi connectivity index (χ2n) is 6.33. The zero-order valence-electron chi connectivity index (χ0n) is 14.5. The van der Waals surface area contributed by atoms with Gasteiger partial charge in [0.2, 0.25) is 15.9 Å². The first-order chi connectivity index (χ1) is 12.3. The zero-order valence-corrected chi connectivity index (χ0v) is 15.3. The molecule has 0 atom stereocenters. The number of amides is 1. The normalized spacial score (nSPS) is 16.6. The summed E-state index contributed by atoms with van der Waals surface area (Å²) in [6.07, 6.45) is 0.825. The van der Waals surface area contributed by atoms with E-state index >= 15 is 0 Å². The fourth-order valence-electron chi connectivity index (χ4n) is 3.11. The van der Waals surface area contributed by atoms with E-state index < -0.39 is 10.0 Å². The van der Waals surface area contributed by atoms with Crippen LogP contribution >= 0.6 is 0 Å². The summed E-state index contributed by atoms with van der Waals surface area (Å²) in [7, 11) is -3.69. The van der Waals surface area contributed by atoms with Gasteiger partial charge in [0.25, 0.3) is 0 Å². The first-order valence-corrected chi connectivity index (χ1v) is 9.72. The van der Waals surface area contributed by atoms with E-state index in [0.717, 1.165) is 0 Å². The van der Waals surface area contributed by atoms with Crippen molar-refractivity contribution in [3.8, 4) is 0 Å². The summed E-state index contributed by atoms with van der Waals surface area (Å²) < 4.78 is 44.8. The van der Waals surface area contributed by atoms with Gasteiger partial charge in [-0.25, -0.2) is 12.8 Å². The summed E-state index contributed by atoms with van der Waals surface area (Å²) in [6.45, 7) is 3.64. The number of rotatable bonds is 4. The van der Waals surface area contributed by atoms with Gasteiger partial charge in [-0.1, -0.05) is 5.16 Å². The lowest BCUT2D eigenvalue weighted by Gasteiger charge is -2.30. The molecule has 1 aromatic carbocycles. The molecule has 1 amide bonds. The van der Waals surface area contributed by atoms with Gasteiger partial charge in [-0.2, -0.15) is 4.31 Å². The molecule has 2 aromatic rings. The molecule has 0 spiro atoms. The number of aromatic nitrogens is 1. The minimum absolute atomic E-state index is 0.103. The number of aryl methyl sites for hydroxylation is 2. The van der Waals surface area contributed by atoms with Gasteiger partial charge >= 0.3 is 0 Å². The zero-order chi connectivity index (χ0) is 18.9. The molecule has 1 aliphatic rings. The summed E-state index contributed by atoms with van der Waals surface area (Å²) in [5.41, 5.74) is 0.848. The van der Waals surface area contributed by atoms with Crippen molar-refractivity contribution in [1.29, 1.82) is 0 Å². The third-order valence-electron chi connectivity index (χ3n) is 4.50. The standard InChI is InChI=1S/C17H20FN3O4S/c1-11-16(12(2)25-20-11)26(23,24)21-9-7-13(8-10-21)17(22)19-15-5-3-14(18)4-6-15/h3-6,13H,7-10H2,1-2H3,(H,19,22). The highest BCUT2D eigenvalue weighted by molar-refractivity contribution is 7.89. The van der Waals surface area contributed by atoms with Crippen molar-refractivity contribution in [3.05, 3.63) is 41.5 Å². The minimum atomic E-state index is -3.69. The predicted molar refractivity (Wildman–Crippen MR) is 92.5 cm³/mol. The SMILES string of the molecule is Cc1noc(C)c1S(=O)(=O)N1CCC(C(=O)Nc2ccc(F)cc2)CC1. The Morgan fingerprint density at radius 2 is 1.85 bits per heavy atom. The number of carbonyl (C=O) groups excluding carboxylic acids is 1. The summed E-state index contributed by atoms with van der Waals surface area (Å²) >= 11 is 0. The van der Waals surface area contributed by atoms with Crippen molar-refractivity contribution < 1.29 is 22.1 Å². The molecule has 1 N–H and O–H groups in total. The number of piperidine rings is 1. The molecule has 2 heterocycles. The average molecular weight is 381 g/mol. The molecule has 1 fully saturated rings. The van der Waals surface area contributed by atoms with Gasteiger partial charge in [-0.15, -0.1) is 0 Å². The molecule has 9 heteroatoms. The third kappa shape index (κ3) is 3.63. The van der Waals surface area contributed by atoms with Gasteiger partial charge in [0, 0.05) is 24.7 Å². The maximum Gasteiger partial charge on any atom is 0.248 e. The molecule has 1 aliphatic heterocycles. The number of anilines is 1. The van der Waals surface area contributed by atoms with E-state index in [9.17, 15) is 17.6 Å². The summed E-state index contributed by atoms with van der Waals surface area (Å²) in [5.74, 6) is -0.596. The molecule has 0 saturated carbocycles. The molecule has 7 nitrogen and oxygen atoms in total.